The average molecular weight is 210 g/mol. The highest BCUT2D eigenvalue weighted by molar-refractivity contribution is 5.78. The molecule has 88 valence electrons. The topological polar surface area (TPSA) is 17.1 Å². The lowest BCUT2D eigenvalue weighted by molar-refractivity contribution is -0.116. The molecule has 0 saturated carbocycles. The molecule has 0 radical (unpaired) electrons. The van der Waals surface area contributed by atoms with E-state index in [-0.39, 0.29) is 16.6 Å². The zero-order chi connectivity index (χ0) is 12.3. The summed E-state index contributed by atoms with van der Waals surface area (Å²) in [6, 6.07) is 0. The third-order valence-corrected chi connectivity index (χ3v) is 1.87. The van der Waals surface area contributed by atoms with Crippen molar-refractivity contribution in [2.24, 2.45) is 10.8 Å². The summed E-state index contributed by atoms with van der Waals surface area (Å²) in [5, 5.41) is 0. The van der Waals surface area contributed by atoms with Gasteiger partial charge in [-0.2, -0.15) is 0 Å². The van der Waals surface area contributed by atoms with Crippen LogP contribution in [0.2, 0.25) is 0 Å². The van der Waals surface area contributed by atoms with Crippen LogP contribution in [0.1, 0.15) is 61.3 Å². The highest BCUT2D eigenvalue weighted by Gasteiger charge is 2.17. The van der Waals surface area contributed by atoms with Crippen molar-refractivity contribution in [2.75, 3.05) is 0 Å². The van der Waals surface area contributed by atoms with Crippen LogP contribution >= 0.6 is 0 Å². The molecule has 0 saturated heterocycles. The van der Waals surface area contributed by atoms with Gasteiger partial charge in [-0.25, -0.2) is 0 Å². The normalized spacial score (nSPS) is 14.2. The first kappa shape index (κ1) is 14.4. The Hall–Kier alpha value is -0.590. The lowest BCUT2D eigenvalue weighted by Crippen LogP contribution is -2.11. The number of carbonyl (C=O) groups is 1. The maximum atomic E-state index is 11.2. The van der Waals surface area contributed by atoms with Gasteiger partial charge in [0, 0.05) is 6.42 Å². The minimum atomic E-state index is 0.163. The number of Topliss-reactive ketones (excluding diaryl/α,β-unsaturated/α-hetero) is 1. The van der Waals surface area contributed by atoms with Gasteiger partial charge >= 0.3 is 0 Å². The van der Waals surface area contributed by atoms with Crippen LogP contribution in [0.4, 0.5) is 0 Å². The maximum absolute atomic E-state index is 11.2. The minimum Gasteiger partial charge on any atom is -0.300 e. The van der Waals surface area contributed by atoms with E-state index in [1.165, 1.54) is 5.57 Å². The van der Waals surface area contributed by atoms with Gasteiger partial charge in [-0.15, -0.1) is 0 Å². The third-order valence-electron chi connectivity index (χ3n) is 1.87. The molecule has 0 fully saturated rings. The van der Waals surface area contributed by atoms with Gasteiger partial charge in [0.05, 0.1) is 0 Å². The van der Waals surface area contributed by atoms with E-state index in [2.05, 4.69) is 47.6 Å². The molecule has 0 N–H and O–H groups in total. The second-order valence-corrected chi connectivity index (χ2v) is 6.78. The first-order valence-corrected chi connectivity index (χ1v) is 5.70. The molecule has 0 amide bonds. The number of allylic oxidation sites excluding steroid dienone is 2. The average Bonchev–Trinajstić information content (AvgIpc) is 1.73. The van der Waals surface area contributed by atoms with Crippen LogP contribution in [0.3, 0.4) is 0 Å². The summed E-state index contributed by atoms with van der Waals surface area (Å²) in [5.74, 6) is 0.259. The fourth-order valence-corrected chi connectivity index (χ4v) is 1.78. The molecule has 0 heterocycles. The largest absolute Gasteiger partial charge is 0.300 e. The van der Waals surface area contributed by atoms with Crippen molar-refractivity contribution < 1.29 is 4.79 Å². The van der Waals surface area contributed by atoms with E-state index in [1.54, 1.807) is 6.92 Å². The predicted octanol–water partition coefficient (Wildman–Crippen LogP) is 4.37. The Morgan fingerprint density at radius 1 is 1.07 bits per heavy atom. The highest BCUT2D eigenvalue weighted by atomic mass is 16.1. The summed E-state index contributed by atoms with van der Waals surface area (Å²) in [7, 11) is 0. The number of carbonyl (C=O) groups excluding carboxylic acids is 1. The summed E-state index contributed by atoms with van der Waals surface area (Å²) in [4.78, 5) is 11.2. The Bertz CT molecular complexity index is 245. The second-order valence-electron chi connectivity index (χ2n) is 6.78. The molecule has 15 heavy (non-hydrogen) atoms. The Morgan fingerprint density at radius 3 is 1.80 bits per heavy atom. The van der Waals surface area contributed by atoms with Crippen LogP contribution in [-0.4, -0.2) is 5.78 Å². The smallest absolute Gasteiger partial charge is 0.133 e. The first-order chi connectivity index (χ1) is 6.49. The molecule has 0 unspecified atom stereocenters. The van der Waals surface area contributed by atoms with Crippen molar-refractivity contribution in [3.05, 3.63) is 11.6 Å². The Morgan fingerprint density at radius 2 is 1.53 bits per heavy atom. The van der Waals surface area contributed by atoms with Crippen LogP contribution in [0, 0.1) is 10.8 Å². The first-order valence-electron chi connectivity index (χ1n) is 5.70. The van der Waals surface area contributed by atoms with E-state index < -0.39 is 0 Å². The summed E-state index contributed by atoms with van der Waals surface area (Å²) >= 11 is 0. The standard InChI is InChI=1S/C14H26O/c1-11(15)8-12(9-13(2,3)4)10-14(5,6)7/h9H,8,10H2,1-7H3. The maximum Gasteiger partial charge on any atom is 0.133 e. The predicted molar refractivity (Wildman–Crippen MR) is 66.9 cm³/mol. The summed E-state index contributed by atoms with van der Waals surface area (Å²) in [5.41, 5.74) is 1.70. The van der Waals surface area contributed by atoms with Crippen molar-refractivity contribution in [3.8, 4) is 0 Å². The summed E-state index contributed by atoms with van der Waals surface area (Å²) < 4.78 is 0. The molecule has 0 aromatic heterocycles. The molecule has 1 heteroatoms. The van der Waals surface area contributed by atoms with Gasteiger partial charge in [0.25, 0.3) is 0 Å². The molecular formula is C14H26O. The van der Waals surface area contributed by atoms with E-state index in [1.807, 2.05) is 0 Å². The van der Waals surface area contributed by atoms with Crippen molar-refractivity contribution in [1.82, 2.24) is 0 Å². The highest BCUT2D eigenvalue weighted by Crippen LogP contribution is 2.29. The number of hydrogen-bond donors (Lipinski definition) is 0. The molecule has 0 aliphatic rings. The lowest BCUT2D eigenvalue weighted by Gasteiger charge is -2.23. The Kier molecular flexibility index (Phi) is 4.76. The van der Waals surface area contributed by atoms with Gasteiger partial charge in [-0.05, 0) is 24.2 Å². The number of ketones is 1. The van der Waals surface area contributed by atoms with Gasteiger partial charge in [0.1, 0.15) is 5.78 Å². The van der Waals surface area contributed by atoms with E-state index in [0.29, 0.717) is 6.42 Å². The van der Waals surface area contributed by atoms with Crippen LogP contribution in [0.25, 0.3) is 0 Å². The SMILES string of the molecule is CC(=O)CC(=CC(C)(C)C)CC(C)(C)C. The fourth-order valence-electron chi connectivity index (χ4n) is 1.78. The molecule has 0 aromatic rings. The van der Waals surface area contributed by atoms with E-state index >= 15 is 0 Å². The summed E-state index contributed by atoms with van der Waals surface area (Å²) in [6.45, 7) is 14.8. The molecule has 0 aliphatic heterocycles. The molecular weight excluding hydrogens is 184 g/mol. The van der Waals surface area contributed by atoms with Gasteiger partial charge in [-0.3, -0.25) is 4.79 Å². The zero-order valence-electron chi connectivity index (χ0n) is 11.4. The minimum absolute atomic E-state index is 0.163. The van der Waals surface area contributed by atoms with Crippen molar-refractivity contribution in [1.29, 1.82) is 0 Å². The van der Waals surface area contributed by atoms with Gasteiger partial charge < -0.3 is 0 Å². The molecule has 0 spiro atoms. The van der Waals surface area contributed by atoms with Crippen LogP contribution in [-0.2, 0) is 4.79 Å². The Labute approximate surface area is 95.0 Å². The zero-order valence-corrected chi connectivity index (χ0v) is 11.4. The Balaban J connectivity index is 4.75. The fraction of sp³-hybridized carbons (Fsp3) is 0.786. The van der Waals surface area contributed by atoms with E-state index in [9.17, 15) is 4.79 Å². The van der Waals surface area contributed by atoms with E-state index in [4.69, 9.17) is 0 Å². The van der Waals surface area contributed by atoms with Gasteiger partial charge in [-0.1, -0.05) is 53.2 Å². The number of rotatable bonds is 3. The molecule has 0 atom stereocenters. The summed E-state index contributed by atoms with van der Waals surface area (Å²) in [6.07, 6.45) is 3.86. The third kappa shape index (κ3) is 9.71. The van der Waals surface area contributed by atoms with E-state index in [0.717, 1.165) is 6.42 Å². The molecule has 1 nitrogen and oxygen atoms in total. The van der Waals surface area contributed by atoms with Crippen molar-refractivity contribution in [2.45, 2.75) is 61.3 Å². The molecule has 0 bridgehead atoms. The monoisotopic (exact) mass is 210 g/mol. The number of hydrogen-bond acceptors (Lipinski definition) is 1. The van der Waals surface area contributed by atoms with Gasteiger partial charge in [0.15, 0.2) is 0 Å². The lowest BCUT2D eigenvalue weighted by atomic mass is 9.82. The molecule has 0 aromatic carbocycles. The second kappa shape index (κ2) is 4.96. The van der Waals surface area contributed by atoms with Gasteiger partial charge in [0.2, 0.25) is 0 Å². The van der Waals surface area contributed by atoms with Crippen LogP contribution < -0.4 is 0 Å². The van der Waals surface area contributed by atoms with Crippen LogP contribution in [0.15, 0.2) is 11.6 Å². The quantitative estimate of drug-likeness (QED) is 0.632. The van der Waals surface area contributed by atoms with Crippen molar-refractivity contribution >= 4 is 5.78 Å². The van der Waals surface area contributed by atoms with Crippen LogP contribution in [0.5, 0.6) is 0 Å². The van der Waals surface area contributed by atoms with Crippen molar-refractivity contribution in [3.63, 3.8) is 0 Å². The molecule has 0 aliphatic carbocycles. The molecule has 0 rings (SSSR count).